The summed E-state index contributed by atoms with van der Waals surface area (Å²) in [5.74, 6) is 0.902. The minimum absolute atomic E-state index is 0.318. The molecule has 1 N–H and O–H groups in total. The zero-order valence-electron chi connectivity index (χ0n) is 17.1. The van der Waals surface area contributed by atoms with Gasteiger partial charge in [0.1, 0.15) is 11.4 Å². The van der Waals surface area contributed by atoms with Crippen LogP contribution in [0.15, 0.2) is 58.3 Å². The van der Waals surface area contributed by atoms with Gasteiger partial charge in [-0.25, -0.2) is 0 Å². The molecule has 0 aromatic heterocycles. The molecule has 1 heterocycles. The Labute approximate surface area is 172 Å². The maximum atomic E-state index is 9.60. The number of nitrogens with zero attached hydrogens (tertiary/aromatic N) is 1. The molecular formula is C22H30N2O3S. The van der Waals surface area contributed by atoms with Gasteiger partial charge < -0.3 is 19.7 Å². The number of rotatable bonds is 5. The number of ether oxygens (including phenoxy) is 2. The second-order valence-electron chi connectivity index (χ2n) is 7.31. The highest BCUT2D eigenvalue weighted by Crippen LogP contribution is 2.36. The lowest BCUT2D eigenvalue weighted by molar-refractivity contribution is -0.138. The highest BCUT2D eigenvalue weighted by molar-refractivity contribution is 7.99. The molecule has 1 fully saturated rings. The number of hydrogen-bond acceptors (Lipinski definition) is 6. The van der Waals surface area contributed by atoms with Crippen LogP contribution >= 0.6 is 11.8 Å². The van der Waals surface area contributed by atoms with E-state index >= 15 is 0 Å². The summed E-state index contributed by atoms with van der Waals surface area (Å²) in [6.45, 7) is 10.2. The lowest BCUT2D eigenvalue weighted by Gasteiger charge is -2.31. The number of methoxy groups -OCH3 is 1. The first-order chi connectivity index (χ1) is 13.4. The number of benzene rings is 2. The zero-order valence-corrected chi connectivity index (χ0v) is 17.9. The summed E-state index contributed by atoms with van der Waals surface area (Å²) in [5, 5.41) is 3.40. The first-order valence-electron chi connectivity index (χ1n) is 9.41. The Morgan fingerprint density at radius 3 is 2.39 bits per heavy atom. The number of para-hydroxylation sites is 1. The van der Waals surface area contributed by atoms with Crippen molar-refractivity contribution >= 4 is 23.9 Å². The van der Waals surface area contributed by atoms with E-state index in [9.17, 15) is 4.79 Å². The van der Waals surface area contributed by atoms with E-state index in [4.69, 9.17) is 4.74 Å². The van der Waals surface area contributed by atoms with Crippen molar-refractivity contribution in [2.75, 3.05) is 38.2 Å². The monoisotopic (exact) mass is 402 g/mol. The Morgan fingerprint density at radius 1 is 1.07 bits per heavy atom. The van der Waals surface area contributed by atoms with Gasteiger partial charge in [-0.1, -0.05) is 30.0 Å². The third-order valence-corrected chi connectivity index (χ3v) is 5.05. The van der Waals surface area contributed by atoms with E-state index < -0.39 is 0 Å². The first-order valence-corrected chi connectivity index (χ1v) is 10.2. The molecule has 0 bridgehead atoms. The van der Waals surface area contributed by atoms with E-state index in [0.717, 1.165) is 31.9 Å². The van der Waals surface area contributed by atoms with Crippen molar-refractivity contribution < 1.29 is 14.3 Å². The van der Waals surface area contributed by atoms with E-state index in [1.54, 1.807) is 18.9 Å². The van der Waals surface area contributed by atoms with Crippen LogP contribution in [0.2, 0.25) is 0 Å². The number of carbonyl (C=O) groups is 1. The fourth-order valence-corrected chi connectivity index (χ4v) is 3.67. The largest absolute Gasteiger partial charge is 0.497 e. The molecule has 1 aliphatic heterocycles. The summed E-state index contributed by atoms with van der Waals surface area (Å²) in [6.07, 6.45) is 0. The van der Waals surface area contributed by atoms with Crippen LogP contribution < -0.4 is 15.0 Å². The summed E-state index contributed by atoms with van der Waals surface area (Å²) in [4.78, 5) is 14.6. The molecule has 0 saturated carbocycles. The lowest BCUT2D eigenvalue weighted by Crippen LogP contribution is -2.43. The first kappa shape index (κ1) is 22.1. The molecule has 2 aromatic rings. The van der Waals surface area contributed by atoms with Crippen LogP contribution in [0, 0.1) is 0 Å². The number of anilines is 1. The summed E-state index contributed by atoms with van der Waals surface area (Å²) in [6, 6.07) is 16.9. The van der Waals surface area contributed by atoms with Crippen molar-refractivity contribution in [2.45, 2.75) is 36.2 Å². The van der Waals surface area contributed by atoms with Gasteiger partial charge in [0.15, 0.2) is 0 Å². The maximum absolute atomic E-state index is 9.60. The van der Waals surface area contributed by atoms with E-state index in [1.165, 1.54) is 15.5 Å². The highest BCUT2D eigenvalue weighted by Gasteiger charge is 2.14. The molecule has 0 amide bonds. The molecule has 0 atom stereocenters. The molecule has 6 heteroatoms. The topological polar surface area (TPSA) is 50.8 Å². The van der Waals surface area contributed by atoms with Crippen molar-refractivity contribution in [3.05, 3.63) is 48.5 Å². The van der Waals surface area contributed by atoms with Gasteiger partial charge in [-0.3, -0.25) is 4.79 Å². The van der Waals surface area contributed by atoms with Crippen molar-refractivity contribution in [3.63, 3.8) is 0 Å². The van der Waals surface area contributed by atoms with Gasteiger partial charge >= 0.3 is 0 Å². The predicted octanol–water partition coefficient (Wildman–Crippen LogP) is 4.21. The number of piperazine rings is 1. The summed E-state index contributed by atoms with van der Waals surface area (Å²) >= 11 is 1.80. The van der Waals surface area contributed by atoms with Crippen LogP contribution in [-0.2, 0) is 9.53 Å². The smallest absolute Gasteiger partial charge is 0.293 e. The molecule has 1 aliphatic rings. The van der Waals surface area contributed by atoms with E-state index in [0.29, 0.717) is 6.47 Å². The van der Waals surface area contributed by atoms with Crippen LogP contribution in [0.1, 0.15) is 20.8 Å². The average Bonchev–Trinajstić information content (AvgIpc) is 2.69. The number of carbonyl (C=O) groups excluding carboxylic acids is 1. The van der Waals surface area contributed by atoms with Crippen molar-refractivity contribution in [1.82, 2.24) is 5.32 Å². The normalized spacial score (nSPS) is 13.9. The van der Waals surface area contributed by atoms with Crippen LogP contribution in [-0.4, -0.2) is 45.4 Å². The third-order valence-electron chi connectivity index (χ3n) is 3.99. The van der Waals surface area contributed by atoms with Crippen LogP contribution in [0.25, 0.3) is 0 Å². The molecule has 5 nitrogen and oxygen atoms in total. The van der Waals surface area contributed by atoms with Gasteiger partial charge in [0.25, 0.3) is 6.47 Å². The van der Waals surface area contributed by atoms with Gasteiger partial charge in [-0.05, 0) is 51.1 Å². The molecule has 0 spiro atoms. The number of nitrogens with one attached hydrogen (secondary N) is 1. The Balaban J connectivity index is 0.000000345. The van der Waals surface area contributed by atoms with E-state index in [2.05, 4.69) is 51.4 Å². The highest BCUT2D eigenvalue weighted by atomic mass is 32.2. The minimum Gasteiger partial charge on any atom is -0.497 e. The van der Waals surface area contributed by atoms with Crippen LogP contribution in [0.5, 0.6) is 5.75 Å². The summed E-state index contributed by atoms with van der Waals surface area (Å²) < 4.78 is 9.86. The lowest BCUT2D eigenvalue weighted by atomic mass is 10.2. The fraction of sp³-hybridized carbons (Fsp3) is 0.409. The van der Waals surface area contributed by atoms with Gasteiger partial charge in [-0.2, -0.15) is 0 Å². The second kappa shape index (κ2) is 11.0. The van der Waals surface area contributed by atoms with Crippen molar-refractivity contribution in [1.29, 1.82) is 0 Å². The maximum Gasteiger partial charge on any atom is 0.293 e. The van der Waals surface area contributed by atoms with Crippen molar-refractivity contribution in [2.24, 2.45) is 0 Å². The van der Waals surface area contributed by atoms with Gasteiger partial charge in [-0.15, -0.1) is 0 Å². The summed E-state index contributed by atoms with van der Waals surface area (Å²) in [5.41, 5.74) is 1.01. The molecule has 0 unspecified atom stereocenters. The molecule has 0 aliphatic carbocycles. The molecule has 0 radical (unpaired) electrons. The Morgan fingerprint density at radius 2 is 1.79 bits per heavy atom. The third kappa shape index (κ3) is 7.44. The molecule has 152 valence electrons. The van der Waals surface area contributed by atoms with Gasteiger partial charge in [0.05, 0.1) is 12.8 Å². The second-order valence-corrected chi connectivity index (χ2v) is 8.43. The van der Waals surface area contributed by atoms with Crippen LogP contribution in [0.4, 0.5) is 5.69 Å². The molecule has 1 saturated heterocycles. The van der Waals surface area contributed by atoms with Gasteiger partial charge in [0, 0.05) is 36.0 Å². The zero-order chi connectivity index (χ0) is 20.4. The fourth-order valence-electron chi connectivity index (χ4n) is 2.65. The molecular weight excluding hydrogens is 372 g/mol. The summed E-state index contributed by atoms with van der Waals surface area (Å²) in [7, 11) is 1.71. The number of hydrogen-bond donors (Lipinski definition) is 1. The standard InChI is InChI=1S/C17H20N2OS.C5H10O2/c1-20-14-5-4-6-15(13-14)21-17-8-3-2-7-16(17)19-11-9-18-10-12-19;1-5(2,3)7-4-6/h2-8,13,18H,9-12H2,1H3;4H,1-3H3. The van der Waals surface area contributed by atoms with Gasteiger partial charge in [0.2, 0.25) is 0 Å². The van der Waals surface area contributed by atoms with Crippen LogP contribution in [0.3, 0.4) is 0 Å². The van der Waals surface area contributed by atoms with E-state index in [-0.39, 0.29) is 5.60 Å². The van der Waals surface area contributed by atoms with E-state index in [1.807, 2.05) is 32.9 Å². The Kier molecular flexibility index (Phi) is 8.67. The Bertz CT molecular complexity index is 741. The molecule has 2 aromatic carbocycles. The predicted molar refractivity (Wildman–Crippen MR) is 116 cm³/mol. The minimum atomic E-state index is -0.318. The molecule has 28 heavy (non-hydrogen) atoms. The average molecular weight is 403 g/mol. The molecule has 3 rings (SSSR count). The van der Waals surface area contributed by atoms with Crippen molar-refractivity contribution in [3.8, 4) is 5.75 Å². The quantitative estimate of drug-likeness (QED) is 0.756. The SMILES string of the molecule is CC(C)(C)OC=O.COc1cccc(Sc2ccccc2N2CCNCC2)c1. The Hall–Kier alpha value is -2.18.